The van der Waals surface area contributed by atoms with E-state index in [0.29, 0.717) is 12.5 Å². The minimum Gasteiger partial charge on any atom is -0.353 e. The highest BCUT2D eigenvalue weighted by atomic mass is 15.1. The van der Waals surface area contributed by atoms with Crippen LogP contribution >= 0.6 is 0 Å². The molecular formula is C12H15N5. The van der Waals surface area contributed by atoms with Crippen molar-refractivity contribution in [3.05, 3.63) is 36.9 Å². The Bertz CT molecular complexity index is 452. The van der Waals surface area contributed by atoms with Crippen LogP contribution in [0.25, 0.3) is 11.1 Å². The Morgan fingerprint density at radius 1 is 1.24 bits per heavy atom. The lowest BCUT2D eigenvalue weighted by atomic mass is 10.2. The lowest BCUT2D eigenvalue weighted by molar-refractivity contribution is 0.773. The fraction of sp³-hybridized carbons (Fsp3) is 0.250. The Kier molecular flexibility index (Phi) is 3.62. The van der Waals surface area contributed by atoms with Crippen molar-refractivity contribution < 1.29 is 0 Å². The molecule has 0 saturated heterocycles. The molecule has 1 unspecified atom stereocenters. The van der Waals surface area contributed by atoms with Crippen LogP contribution in [0.4, 0.5) is 5.95 Å². The maximum atomic E-state index is 5.63. The molecule has 88 valence electrons. The van der Waals surface area contributed by atoms with Gasteiger partial charge in [-0.15, -0.1) is 0 Å². The molecule has 0 spiro atoms. The molecular weight excluding hydrogens is 214 g/mol. The summed E-state index contributed by atoms with van der Waals surface area (Å²) in [5.74, 6) is 0.593. The highest BCUT2D eigenvalue weighted by Crippen LogP contribution is 2.15. The van der Waals surface area contributed by atoms with E-state index in [2.05, 4.69) is 20.3 Å². The van der Waals surface area contributed by atoms with E-state index in [0.717, 1.165) is 11.1 Å². The molecule has 3 N–H and O–H groups in total. The number of hydrogen-bond donors (Lipinski definition) is 2. The summed E-state index contributed by atoms with van der Waals surface area (Å²) >= 11 is 0. The number of rotatable bonds is 4. The van der Waals surface area contributed by atoms with E-state index in [4.69, 9.17) is 5.73 Å². The molecule has 0 aliphatic heterocycles. The highest BCUT2D eigenvalue weighted by Gasteiger charge is 2.00. The first-order valence-electron chi connectivity index (χ1n) is 5.47. The van der Waals surface area contributed by atoms with E-state index in [1.54, 1.807) is 24.8 Å². The summed E-state index contributed by atoms with van der Waals surface area (Å²) in [6.45, 7) is 2.59. The van der Waals surface area contributed by atoms with Crippen molar-refractivity contribution in [2.45, 2.75) is 13.0 Å². The fourth-order valence-corrected chi connectivity index (χ4v) is 1.35. The van der Waals surface area contributed by atoms with Crippen LogP contribution in [-0.2, 0) is 0 Å². The van der Waals surface area contributed by atoms with Crippen LogP contribution in [-0.4, -0.2) is 27.5 Å². The number of anilines is 1. The molecule has 2 aromatic rings. The van der Waals surface area contributed by atoms with Gasteiger partial charge in [-0.3, -0.25) is 4.98 Å². The zero-order chi connectivity index (χ0) is 12.1. The van der Waals surface area contributed by atoms with E-state index < -0.39 is 0 Å². The van der Waals surface area contributed by atoms with Gasteiger partial charge < -0.3 is 11.1 Å². The molecule has 0 radical (unpaired) electrons. The van der Waals surface area contributed by atoms with Gasteiger partial charge in [0.25, 0.3) is 0 Å². The Morgan fingerprint density at radius 2 is 2.00 bits per heavy atom. The van der Waals surface area contributed by atoms with Gasteiger partial charge in [0.05, 0.1) is 0 Å². The second kappa shape index (κ2) is 5.36. The SMILES string of the molecule is CC(N)CNc1ncc(-c2cccnc2)cn1. The first-order valence-corrected chi connectivity index (χ1v) is 5.47. The van der Waals surface area contributed by atoms with Crippen molar-refractivity contribution in [2.24, 2.45) is 5.73 Å². The third kappa shape index (κ3) is 3.22. The predicted molar refractivity (Wildman–Crippen MR) is 67.4 cm³/mol. The molecule has 0 amide bonds. The van der Waals surface area contributed by atoms with E-state index in [-0.39, 0.29) is 6.04 Å². The lowest BCUT2D eigenvalue weighted by Gasteiger charge is -2.07. The minimum absolute atomic E-state index is 0.0802. The molecule has 2 aromatic heterocycles. The van der Waals surface area contributed by atoms with Crippen molar-refractivity contribution in [3.8, 4) is 11.1 Å². The Morgan fingerprint density at radius 3 is 2.59 bits per heavy atom. The van der Waals surface area contributed by atoms with Crippen LogP contribution in [0.15, 0.2) is 36.9 Å². The zero-order valence-corrected chi connectivity index (χ0v) is 9.67. The van der Waals surface area contributed by atoms with Gasteiger partial charge in [0.15, 0.2) is 0 Å². The highest BCUT2D eigenvalue weighted by molar-refractivity contribution is 5.60. The summed E-state index contributed by atoms with van der Waals surface area (Å²) in [7, 11) is 0. The topological polar surface area (TPSA) is 76.7 Å². The largest absolute Gasteiger partial charge is 0.353 e. The smallest absolute Gasteiger partial charge is 0.222 e. The number of nitrogens with zero attached hydrogens (tertiary/aromatic N) is 3. The second-order valence-electron chi connectivity index (χ2n) is 3.90. The average Bonchev–Trinajstić information content (AvgIpc) is 2.38. The summed E-state index contributed by atoms with van der Waals surface area (Å²) in [6, 6.07) is 3.94. The Hall–Kier alpha value is -2.01. The number of aromatic nitrogens is 3. The molecule has 0 bridgehead atoms. The van der Waals surface area contributed by atoms with E-state index >= 15 is 0 Å². The Labute approximate surface area is 100 Å². The van der Waals surface area contributed by atoms with Gasteiger partial charge in [-0.05, 0) is 13.0 Å². The summed E-state index contributed by atoms with van der Waals surface area (Å²) in [5.41, 5.74) is 7.59. The molecule has 2 rings (SSSR count). The van der Waals surface area contributed by atoms with Crippen LogP contribution in [0, 0.1) is 0 Å². The van der Waals surface area contributed by atoms with Crippen molar-refractivity contribution >= 4 is 5.95 Å². The third-order valence-electron chi connectivity index (χ3n) is 2.23. The maximum Gasteiger partial charge on any atom is 0.222 e. The van der Waals surface area contributed by atoms with E-state index in [1.807, 2.05) is 19.1 Å². The summed E-state index contributed by atoms with van der Waals surface area (Å²) in [6.07, 6.45) is 7.07. The summed E-state index contributed by atoms with van der Waals surface area (Å²) in [5, 5.41) is 3.06. The van der Waals surface area contributed by atoms with Crippen LogP contribution in [0.5, 0.6) is 0 Å². The van der Waals surface area contributed by atoms with Crippen LogP contribution in [0.3, 0.4) is 0 Å². The second-order valence-corrected chi connectivity index (χ2v) is 3.90. The number of nitrogens with one attached hydrogen (secondary N) is 1. The van der Waals surface area contributed by atoms with Gasteiger partial charge in [-0.25, -0.2) is 9.97 Å². The molecule has 0 aromatic carbocycles. The van der Waals surface area contributed by atoms with Gasteiger partial charge in [-0.1, -0.05) is 6.07 Å². The van der Waals surface area contributed by atoms with Crippen LogP contribution in [0.2, 0.25) is 0 Å². The van der Waals surface area contributed by atoms with Crippen molar-refractivity contribution in [1.82, 2.24) is 15.0 Å². The maximum absolute atomic E-state index is 5.63. The molecule has 0 fully saturated rings. The average molecular weight is 229 g/mol. The fourth-order valence-electron chi connectivity index (χ4n) is 1.35. The molecule has 0 aliphatic rings. The van der Waals surface area contributed by atoms with Crippen molar-refractivity contribution in [1.29, 1.82) is 0 Å². The van der Waals surface area contributed by atoms with Crippen molar-refractivity contribution in [2.75, 3.05) is 11.9 Å². The first kappa shape index (κ1) is 11.5. The molecule has 17 heavy (non-hydrogen) atoms. The minimum atomic E-state index is 0.0802. The molecule has 0 saturated carbocycles. The standard InChI is InChI=1S/C12H15N5/c1-9(13)5-15-12-16-7-11(8-17-12)10-3-2-4-14-6-10/h2-4,6-9H,5,13H2,1H3,(H,15,16,17). The van der Waals surface area contributed by atoms with Gasteiger partial charge in [0.1, 0.15) is 0 Å². The number of hydrogen-bond acceptors (Lipinski definition) is 5. The van der Waals surface area contributed by atoms with Gasteiger partial charge in [0, 0.05) is 48.5 Å². The zero-order valence-electron chi connectivity index (χ0n) is 9.67. The normalized spacial score (nSPS) is 12.1. The molecule has 1 atom stereocenters. The van der Waals surface area contributed by atoms with Gasteiger partial charge in [0.2, 0.25) is 5.95 Å². The van der Waals surface area contributed by atoms with Crippen molar-refractivity contribution in [3.63, 3.8) is 0 Å². The monoisotopic (exact) mass is 229 g/mol. The number of nitrogens with two attached hydrogens (primary N) is 1. The molecule has 5 heteroatoms. The molecule has 0 aliphatic carbocycles. The predicted octanol–water partition coefficient (Wildman–Crippen LogP) is 1.30. The summed E-state index contributed by atoms with van der Waals surface area (Å²) < 4.78 is 0. The molecule has 2 heterocycles. The first-order chi connectivity index (χ1) is 8.25. The van der Waals surface area contributed by atoms with Crippen LogP contribution < -0.4 is 11.1 Å². The van der Waals surface area contributed by atoms with Gasteiger partial charge >= 0.3 is 0 Å². The summed E-state index contributed by atoms with van der Waals surface area (Å²) in [4.78, 5) is 12.5. The van der Waals surface area contributed by atoms with Crippen LogP contribution in [0.1, 0.15) is 6.92 Å². The molecule has 5 nitrogen and oxygen atoms in total. The number of pyridine rings is 1. The lowest BCUT2D eigenvalue weighted by Crippen LogP contribution is -2.25. The quantitative estimate of drug-likeness (QED) is 0.826. The van der Waals surface area contributed by atoms with E-state index in [1.165, 1.54) is 0 Å². The van der Waals surface area contributed by atoms with E-state index in [9.17, 15) is 0 Å². The third-order valence-corrected chi connectivity index (χ3v) is 2.23. The van der Waals surface area contributed by atoms with Gasteiger partial charge in [-0.2, -0.15) is 0 Å². The Balaban J connectivity index is 2.08.